The van der Waals surface area contributed by atoms with Gasteiger partial charge in [-0.3, -0.25) is 14.4 Å². The highest BCUT2D eigenvalue weighted by molar-refractivity contribution is 5.98. The maximum absolute atomic E-state index is 13.0. The Morgan fingerprint density at radius 1 is 1.24 bits per heavy atom. The first-order valence-corrected chi connectivity index (χ1v) is 10.6. The molecule has 158 valence electrons. The van der Waals surface area contributed by atoms with Gasteiger partial charge in [0.2, 0.25) is 17.7 Å². The smallest absolute Gasteiger partial charge is 0.243 e. The van der Waals surface area contributed by atoms with E-state index in [1.54, 1.807) is 17.0 Å². The highest BCUT2D eigenvalue weighted by Gasteiger charge is 2.46. The van der Waals surface area contributed by atoms with E-state index < -0.39 is 6.04 Å². The second kappa shape index (κ2) is 9.29. The molecule has 3 amide bonds. The van der Waals surface area contributed by atoms with E-state index in [1.165, 1.54) is 0 Å². The van der Waals surface area contributed by atoms with Crippen LogP contribution in [-0.2, 0) is 14.4 Å². The van der Waals surface area contributed by atoms with Gasteiger partial charge in [0.05, 0.1) is 24.8 Å². The second-order valence-electron chi connectivity index (χ2n) is 8.06. The van der Waals surface area contributed by atoms with Crippen LogP contribution in [0.1, 0.15) is 52.9 Å². The van der Waals surface area contributed by atoms with E-state index in [-0.39, 0.29) is 42.1 Å². The maximum atomic E-state index is 13.0. The van der Waals surface area contributed by atoms with Crippen LogP contribution in [-0.4, -0.2) is 47.4 Å². The van der Waals surface area contributed by atoms with Crippen molar-refractivity contribution in [3.05, 3.63) is 24.3 Å². The molecular weight excluding hydrogens is 370 g/mol. The van der Waals surface area contributed by atoms with Crippen molar-refractivity contribution in [2.24, 2.45) is 5.92 Å². The molecule has 1 aromatic carbocycles. The van der Waals surface area contributed by atoms with Gasteiger partial charge in [-0.2, -0.15) is 0 Å². The molecule has 0 unspecified atom stereocenters. The van der Waals surface area contributed by atoms with Gasteiger partial charge in [0, 0.05) is 12.0 Å². The first kappa shape index (κ1) is 21.1. The number of fused-ring (bicyclic) bond motifs is 1. The zero-order valence-corrected chi connectivity index (χ0v) is 17.4. The molecule has 0 aromatic heterocycles. The zero-order valence-electron chi connectivity index (χ0n) is 17.4. The largest absolute Gasteiger partial charge is 0.492 e. The molecule has 3 atom stereocenters. The maximum Gasteiger partial charge on any atom is 0.243 e. The van der Waals surface area contributed by atoms with Crippen LogP contribution in [0.5, 0.6) is 5.75 Å². The average molecular weight is 402 g/mol. The molecule has 1 aliphatic heterocycles. The highest BCUT2D eigenvalue weighted by atomic mass is 16.5. The normalized spacial score (nSPS) is 23.9. The number of para-hydroxylation sites is 2. The van der Waals surface area contributed by atoms with E-state index >= 15 is 0 Å². The Hall–Kier alpha value is -2.57. The Balaban J connectivity index is 1.78. The van der Waals surface area contributed by atoms with E-state index in [0.717, 1.165) is 25.7 Å². The van der Waals surface area contributed by atoms with Gasteiger partial charge in [-0.05, 0) is 31.9 Å². The number of benzene rings is 1. The number of anilines is 1. The minimum absolute atomic E-state index is 0.0167. The molecule has 2 aliphatic rings. The molecule has 7 nitrogen and oxygen atoms in total. The summed E-state index contributed by atoms with van der Waals surface area (Å²) in [5.41, 5.74) is 0.563. The van der Waals surface area contributed by atoms with Crippen molar-refractivity contribution in [1.82, 2.24) is 10.2 Å². The lowest BCUT2D eigenvalue weighted by Crippen LogP contribution is -2.68. The summed E-state index contributed by atoms with van der Waals surface area (Å²) in [5, 5.41) is 5.90. The molecule has 2 fully saturated rings. The van der Waals surface area contributed by atoms with E-state index in [4.69, 9.17) is 4.74 Å². The summed E-state index contributed by atoms with van der Waals surface area (Å²) in [6, 6.07) is 6.35. The SMILES string of the molecule is CCOc1ccccc1NC(=O)C[C@@H]1C(=O)N[C@H]2CCCC[C@@H]2N1C(=O)C(C)C. The fourth-order valence-electron chi connectivity index (χ4n) is 4.28. The van der Waals surface area contributed by atoms with Gasteiger partial charge in [0.1, 0.15) is 11.8 Å². The van der Waals surface area contributed by atoms with Crippen LogP contribution < -0.4 is 15.4 Å². The Kier molecular flexibility index (Phi) is 6.77. The molecule has 2 N–H and O–H groups in total. The Morgan fingerprint density at radius 3 is 2.69 bits per heavy atom. The monoisotopic (exact) mass is 401 g/mol. The van der Waals surface area contributed by atoms with Gasteiger partial charge in [-0.15, -0.1) is 0 Å². The van der Waals surface area contributed by atoms with Crippen molar-refractivity contribution in [2.75, 3.05) is 11.9 Å². The van der Waals surface area contributed by atoms with Gasteiger partial charge in [0.15, 0.2) is 0 Å². The second-order valence-corrected chi connectivity index (χ2v) is 8.06. The summed E-state index contributed by atoms with van der Waals surface area (Å²) in [7, 11) is 0. The summed E-state index contributed by atoms with van der Waals surface area (Å²) in [6.07, 6.45) is 3.73. The summed E-state index contributed by atoms with van der Waals surface area (Å²) in [5.74, 6) is -0.264. The number of amides is 3. The minimum Gasteiger partial charge on any atom is -0.492 e. The summed E-state index contributed by atoms with van der Waals surface area (Å²) in [4.78, 5) is 40.3. The van der Waals surface area contributed by atoms with Crippen LogP contribution in [0, 0.1) is 5.92 Å². The molecular formula is C22H31N3O4. The van der Waals surface area contributed by atoms with Crippen molar-refractivity contribution in [2.45, 2.75) is 71.0 Å². The van der Waals surface area contributed by atoms with Crippen LogP contribution in [0.2, 0.25) is 0 Å². The molecule has 7 heteroatoms. The lowest BCUT2D eigenvalue weighted by molar-refractivity contribution is -0.154. The Bertz CT molecular complexity index is 764. The van der Waals surface area contributed by atoms with Crippen molar-refractivity contribution in [3.8, 4) is 5.75 Å². The molecule has 1 saturated heterocycles. The Labute approximate surface area is 172 Å². The third kappa shape index (κ3) is 4.71. The highest BCUT2D eigenvalue weighted by Crippen LogP contribution is 2.31. The van der Waals surface area contributed by atoms with Crippen molar-refractivity contribution in [1.29, 1.82) is 0 Å². The number of nitrogens with one attached hydrogen (secondary N) is 2. The zero-order chi connectivity index (χ0) is 21.0. The van der Waals surface area contributed by atoms with Crippen molar-refractivity contribution >= 4 is 23.4 Å². The van der Waals surface area contributed by atoms with Crippen LogP contribution in [0.3, 0.4) is 0 Å². The van der Waals surface area contributed by atoms with E-state index in [1.807, 2.05) is 32.9 Å². The molecule has 3 rings (SSSR count). The van der Waals surface area contributed by atoms with Gasteiger partial charge in [-0.25, -0.2) is 0 Å². The van der Waals surface area contributed by atoms with Crippen LogP contribution >= 0.6 is 0 Å². The van der Waals surface area contributed by atoms with Gasteiger partial charge >= 0.3 is 0 Å². The number of rotatable bonds is 6. The molecule has 1 heterocycles. The summed E-state index contributed by atoms with van der Waals surface area (Å²) >= 11 is 0. The predicted octanol–water partition coefficient (Wildman–Crippen LogP) is 2.71. The Morgan fingerprint density at radius 2 is 1.97 bits per heavy atom. The van der Waals surface area contributed by atoms with Crippen molar-refractivity contribution < 1.29 is 19.1 Å². The molecule has 0 bridgehead atoms. The van der Waals surface area contributed by atoms with Gasteiger partial charge in [-0.1, -0.05) is 38.8 Å². The van der Waals surface area contributed by atoms with Crippen molar-refractivity contribution in [3.63, 3.8) is 0 Å². The minimum atomic E-state index is -0.788. The number of carbonyl (C=O) groups is 3. The number of ether oxygens (including phenoxy) is 1. The molecule has 1 saturated carbocycles. The van der Waals surface area contributed by atoms with Crippen LogP contribution in [0.25, 0.3) is 0 Å². The number of piperazine rings is 1. The van der Waals surface area contributed by atoms with Gasteiger partial charge < -0.3 is 20.3 Å². The van der Waals surface area contributed by atoms with Gasteiger partial charge in [0.25, 0.3) is 0 Å². The lowest BCUT2D eigenvalue weighted by atomic mass is 9.84. The molecule has 0 spiro atoms. The number of nitrogens with zero attached hydrogens (tertiary/aromatic N) is 1. The molecule has 29 heavy (non-hydrogen) atoms. The third-order valence-corrected chi connectivity index (χ3v) is 5.64. The molecule has 1 aromatic rings. The quantitative estimate of drug-likeness (QED) is 0.767. The lowest BCUT2D eigenvalue weighted by Gasteiger charge is -2.48. The van der Waals surface area contributed by atoms with E-state index in [9.17, 15) is 14.4 Å². The average Bonchev–Trinajstić information content (AvgIpc) is 2.69. The summed E-state index contributed by atoms with van der Waals surface area (Å²) < 4.78 is 5.55. The van der Waals surface area contributed by atoms with Crippen LogP contribution in [0.15, 0.2) is 24.3 Å². The summed E-state index contributed by atoms with van der Waals surface area (Å²) in [6.45, 7) is 6.03. The first-order chi connectivity index (χ1) is 13.9. The topological polar surface area (TPSA) is 87.7 Å². The standard InChI is InChI=1S/C22H31N3O4/c1-4-29-19-12-8-6-10-16(19)23-20(26)13-18-21(27)24-15-9-5-7-11-17(15)25(18)22(28)14(2)3/h6,8,10,12,14-15,17-18H,4-5,7,9,11,13H2,1-3H3,(H,23,26)(H,24,27)/t15-,17-,18+/m0/s1. The molecule has 0 radical (unpaired) electrons. The fraction of sp³-hybridized carbons (Fsp3) is 0.591. The van der Waals surface area contributed by atoms with E-state index in [2.05, 4.69) is 10.6 Å². The van der Waals surface area contributed by atoms with E-state index in [0.29, 0.717) is 18.0 Å². The predicted molar refractivity (Wildman–Crippen MR) is 111 cm³/mol. The van der Waals surface area contributed by atoms with Crippen LogP contribution in [0.4, 0.5) is 5.69 Å². The number of hydrogen-bond acceptors (Lipinski definition) is 4. The first-order valence-electron chi connectivity index (χ1n) is 10.6. The number of hydrogen-bond donors (Lipinski definition) is 2. The number of carbonyl (C=O) groups excluding carboxylic acids is 3. The third-order valence-electron chi connectivity index (χ3n) is 5.64. The molecule has 1 aliphatic carbocycles. The fourth-order valence-corrected chi connectivity index (χ4v) is 4.28.